The molecule has 0 amide bonds. The number of nitrogens with one attached hydrogen (secondary N) is 1. The number of carbonyl (C=O) groups is 1. The molecule has 68 valence electrons. The molecule has 1 rings (SSSR count). The lowest BCUT2D eigenvalue weighted by Gasteiger charge is -2.34. The molecular weight excluding hydrogens is 154 g/mol. The van der Waals surface area contributed by atoms with Gasteiger partial charge in [0.1, 0.15) is 0 Å². The Morgan fingerprint density at radius 1 is 1.67 bits per heavy atom. The van der Waals surface area contributed by atoms with Gasteiger partial charge in [-0.15, -0.1) is 6.58 Å². The summed E-state index contributed by atoms with van der Waals surface area (Å²) in [6.07, 6.45) is 4.56. The average Bonchev–Trinajstić information content (AvgIpc) is 1.94. The molecule has 1 aliphatic rings. The smallest absolute Gasteiger partial charge is 0.308 e. The predicted octanol–water partition coefficient (Wildman–Crippen LogP) is 1.02. The van der Waals surface area contributed by atoms with Gasteiger partial charge in [-0.3, -0.25) is 4.79 Å². The van der Waals surface area contributed by atoms with E-state index in [1.165, 1.54) is 0 Å². The van der Waals surface area contributed by atoms with Gasteiger partial charge in [-0.05, 0) is 25.8 Å². The van der Waals surface area contributed by atoms with Crippen molar-refractivity contribution in [3.05, 3.63) is 12.7 Å². The van der Waals surface area contributed by atoms with Crippen molar-refractivity contribution in [3.63, 3.8) is 0 Å². The van der Waals surface area contributed by atoms with E-state index in [1.807, 2.05) is 6.08 Å². The minimum Gasteiger partial charge on any atom is -0.481 e. The Balaban J connectivity index is 2.16. The first kappa shape index (κ1) is 9.26. The van der Waals surface area contributed by atoms with Gasteiger partial charge in [-0.1, -0.05) is 6.08 Å². The molecule has 0 bridgehead atoms. The number of aliphatic carboxylic acids is 1. The minimum absolute atomic E-state index is 0.158. The zero-order chi connectivity index (χ0) is 8.97. The largest absolute Gasteiger partial charge is 0.481 e. The maximum atomic E-state index is 10.6. The van der Waals surface area contributed by atoms with Crippen LogP contribution < -0.4 is 5.32 Å². The van der Waals surface area contributed by atoms with Crippen LogP contribution in [0.2, 0.25) is 0 Å². The van der Waals surface area contributed by atoms with Crippen molar-refractivity contribution in [3.8, 4) is 0 Å². The average molecular weight is 169 g/mol. The van der Waals surface area contributed by atoms with Crippen LogP contribution in [0.5, 0.6) is 0 Å². The quantitative estimate of drug-likeness (QED) is 0.477. The summed E-state index contributed by atoms with van der Waals surface area (Å²) in [6, 6.07) is 0.197. The van der Waals surface area contributed by atoms with E-state index in [9.17, 15) is 4.79 Å². The summed E-state index contributed by atoms with van der Waals surface area (Å²) < 4.78 is 0. The third-order valence-electron chi connectivity index (χ3n) is 2.35. The monoisotopic (exact) mass is 169 g/mol. The molecular formula is C9H15NO2. The molecule has 0 heterocycles. The van der Waals surface area contributed by atoms with Gasteiger partial charge in [0, 0.05) is 6.04 Å². The van der Waals surface area contributed by atoms with Crippen LogP contribution >= 0.6 is 0 Å². The van der Waals surface area contributed by atoms with E-state index >= 15 is 0 Å². The highest BCUT2D eigenvalue weighted by Crippen LogP contribution is 2.27. The van der Waals surface area contributed by atoms with Crippen LogP contribution in [0.15, 0.2) is 12.7 Å². The molecule has 0 radical (unpaired) electrons. The van der Waals surface area contributed by atoms with E-state index in [1.54, 1.807) is 0 Å². The first-order valence-electron chi connectivity index (χ1n) is 4.32. The Bertz CT molecular complexity index is 179. The molecule has 1 saturated carbocycles. The van der Waals surface area contributed by atoms with Crippen molar-refractivity contribution in [2.75, 3.05) is 6.54 Å². The number of hydrogen-bond acceptors (Lipinski definition) is 2. The maximum Gasteiger partial charge on any atom is 0.308 e. The van der Waals surface area contributed by atoms with E-state index in [-0.39, 0.29) is 12.0 Å². The SMILES string of the molecule is C=CCCNC1CCC1C(=O)O. The molecule has 2 unspecified atom stereocenters. The van der Waals surface area contributed by atoms with Gasteiger partial charge in [-0.25, -0.2) is 0 Å². The minimum atomic E-state index is -0.669. The summed E-state index contributed by atoms with van der Waals surface area (Å²) >= 11 is 0. The Hall–Kier alpha value is -0.830. The van der Waals surface area contributed by atoms with E-state index < -0.39 is 5.97 Å². The van der Waals surface area contributed by atoms with Crippen molar-refractivity contribution in [2.24, 2.45) is 5.92 Å². The molecule has 3 heteroatoms. The van der Waals surface area contributed by atoms with Crippen molar-refractivity contribution < 1.29 is 9.90 Å². The van der Waals surface area contributed by atoms with Gasteiger partial charge in [0.05, 0.1) is 5.92 Å². The van der Waals surface area contributed by atoms with E-state index in [4.69, 9.17) is 5.11 Å². The summed E-state index contributed by atoms with van der Waals surface area (Å²) in [7, 11) is 0. The zero-order valence-electron chi connectivity index (χ0n) is 7.12. The normalized spacial score (nSPS) is 27.7. The van der Waals surface area contributed by atoms with Gasteiger partial charge in [0.25, 0.3) is 0 Å². The lowest BCUT2D eigenvalue weighted by atomic mass is 9.79. The zero-order valence-corrected chi connectivity index (χ0v) is 7.12. The van der Waals surface area contributed by atoms with Crippen LogP contribution in [0.25, 0.3) is 0 Å². The number of rotatable bonds is 5. The second kappa shape index (κ2) is 4.26. The Morgan fingerprint density at radius 2 is 2.42 bits per heavy atom. The Kier molecular flexibility index (Phi) is 3.29. The Labute approximate surface area is 72.5 Å². The van der Waals surface area contributed by atoms with E-state index in [2.05, 4.69) is 11.9 Å². The second-order valence-corrected chi connectivity index (χ2v) is 3.16. The van der Waals surface area contributed by atoms with E-state index in [0.717, 1.165) is 25.8 Å². The molecule has 0 aromatic heterocycles. The third kappa shape index (κ3) is 2.08. The first-order valence-corrected chi connectivity index (χ1v) is 4.32. The van der Waals surface area contributed by atoms with Crippen molar-refractivity contribution >= 4 is 5.97 Å². The molecule has 3 nitrogen and oxygen atoms in total. The molecule has 0 aromatic carbocycles. The predicted molar refractivity (Wildman–Crippen MR) is 47.0 cm³/mol. The first-order chi connectivity index (χ1) is 5.75. The summed E-state index contributed by atoms with van der Waals surface area (Å²) in [5.41, 5.74) is 0. The fourth-order valence-electron chi connectivity index (χ4n) is 1.41. The highest BCUT2D eigenvalue weighted by molar-refractivity contribution is 5.72. The van der Waals surface area contributed by atoms with Gasteiger partial charge < -0.3 is 10.4 Å². The molecule has 0 spiro atoms. The van der Waals surface area contributed by atoms with Crippen LogP contribution in [0.1, 0.15) is 19.3 Å². The summed E-state index contributed by atoms with van der Waals surface area (Å²) in [5, 5.41) is 11.9. The topological polar surface area (TPSA) is 49.3 Å². The second-order valence-electron chi connectivity index (χ2n) is 3.16. The number of hydrogen-bond donors (Lipinski definition) is 2. The summed E-state index contributed by atoms with van der Waals surface area (Å²) in [5.74, 6) is -0.827. The highest BCUT2D eigenvalue weighted by atomic mass is 16.4. The maximum absolute atomic E-state index is 10.6. The molecule has 1 aliphatic carbocycles. The summed E-state index contributed by atoms with van der Waals surface area (Å²) in [4.78, 5) is 10.6. The molecule has 2 atom stereocenters. The van der Waals surface area contributed by atoms with Gasteiger partial charge >= 0.3 is 5.97 Å². The van der Waals surface area contributed by atoms with Crippen LogP contribution in [0.3, 0.4) is 0 Å². The van der Waals surface area contributed by atoms with Crippen LogP contribution in [-0.2, 0) is 4.79 Å². The van der Waals surface area contributed by atoms with Crippen molar-refractivity contribution in [1.29, 1.82) is 0 Å². The molecule has 12 heavy (non-hydrogen) atoms. The lowest BCUT2D eigenvalue weighted by molar-refractivity contribution is -0.146. The van der Waals surface area contributed by atoms with Gasteiger partial charge in [-0.2, -0.15) is 0 Å². The molecule has 2 N–H and O–H groups in total. The number of carboxylic acids is 1. The highest BCUT2D eigenvalue weighted by Gasteiger charge is 2.35. The molecule has 0 saturated heterocycles. The third-order valence-corrected chi connectivity index (χ3v) is 2.35. The standard InChI is InChI=1S/C9H15NO2/c1-2-3-6-10-8-5-4-7(8)9(11)12/h2,7-8,10H,1,3-6H2,(H,11,12). The molecule has 0 aromatic rings. The fraction of sp³-hybridized carbons (Fsp3) is 0.667. The van der Waals surface area contributed by atoms with Crippen LogP contribution in [0, 0.1) is 5.92 Å². The molecule has 0 aliphatic heterocycles. The van der Waals surface area contributed by atoms with Crippen LogP contribution in [0.4, 0.5) is 0 Å². The molecule has 1 fully saturated rings. The van der Waals surface area contributed by atoms with Crippen molar-refractivity contribution in [2.45, 2.75) is 25.3 Å². The summed E-state index contributed by atoms with van der Waals surface area (Å²) in [6.45, 7) is 4.44. The fourth-order valence-corrected chi connectivity index (χ4v) is 1.41. The van der Waals surface area contributed by atoms with Crippen LogP contribution in [-0.4, -0.2) is 23.7 Å². The number of carboxylic acid groups (broad SMARTS) is 1. The Morgan fingerprint density at radius 3 is 2.83 bits per heavy atom. The van der Waals surface area contributed by atoms with E-state index in [0.29, 0.717) is 0 Å². The van der Waals surface area contributed by atoms with Gasteiger partial charge in [0.2, 0.25) is 0 Å². The van der Waals surface area contributed by atoms with Crippen molar-refractivity contribution in [1.82, 2.24) is 5.32 Å². The lowest BCUT2D eigenvalue weighted by Crippen LogP contribution is -2.47. The van der Waals surface area contributed by atoms with Gasteiger partial charge in [0.15, 0.2) is 0 Å².